The summed E-state index contributed by atoms with van der Waals surface area (Å²) in [5, 5.41) is 11.6. The molecule has 0 aliphatic rings. The third-order valence-electron chi connectivity index (χ3n) is 3.29. The second kappa shape index (κ2) is 9.91. The molecule has 1 amide bonds. The van der Waals surface area contributed by atoms with E-state index < -0.39 is 27.7 Å². The summed E-state index contributed by atoms with van der Waals surface area (Å²) in [4.78, 5) is 22.4. The lowest BCUT2D eigenvalue weighted by Gasteiger charge is -2.19. The molecule has 152 valence electrons. The predicted molar refractivity (Wildman–Crippen MR) is 102 cm³/mol. The van der Waals surface area contributed by atoms with E-state index in [2.05, 4.69) is 10.0 Å². The van der Waals surface area contributed by atoms with Gasteiger partial charge in [-0.05, 0) is 51.8 Å². The van der Waals surface area contributed by atoms with Gasteiger partial charge in [-0.1, -0.05) is 18.0 Å². The lowest BCUT2D eigenvalue weighted by atomic mass is 10.2. The number of amides is 1. The summed E-state index contributed by atoms with van der Waals surface area (Å²) >= 11 is 5.74. The summed E-state index contributed by atoms with van der Waals surface area (Å²) in [7, 11) is -3.82. The highest BCUT2D eigenvalue weighted by atomic mass is 35.5. The van der Waals surface area contributed by atoms with Crippen LogP contribution in [0.2, 0.25) is 5.02 Å². The van der Waals surface area contributed by atoms with E-state index in [1.165, 1.54) is 12.1 Å². The number of carbonyl (C=O) groups excluding carboxylic acids is 1. The molecule has 8 nitrogen and oxygen atoms in total. The van der Waals surface area contributed by atoms with E-state index in [-0.39, 0.29) is 22.0 Å². The smallest absolute Gasteiger partial charge is 0.407 e. The zero-order chi connectivity index (χ0) is 20.7. The van der Waals surface area contributed by atoms with Gasteiger partial charge in [-0.2, -0.15) is 0 Å². The van der Waals surface area contributed by atoms with E-state index in [9.17, 15) is 18.0 Å². The highest BCUT2D eigenvalue weighted by Crippen LogP contribution is 2.20. The Kier molecular flexibility index (Phi) is 8.52. The third kappa shape index (κ3) is 8.59. The van der Waals surface area contributed by atoms with Crippen LogP contribution in [-0.2, 0) is 14.8 Å². The normalized spacial score (nSPS) is 11.9. The van der Waals surface area contributed by atoms with Crippen LogP contribution >= 0.6 is 11.6 Å². The van der Waals surface area contributed by atoms with Crippen molar-refractivity contribution in [1.29, 1.82) is 0 Å². The zero-order valence-corrected chi connectivity index (χ0v) is 17.1. The Labute approximate surface area is 164 Å². The minimum absolute atomic E-state index is 0.0288. The van der Waals surface area contributed by atoms with Crippen LogP contribution < -0.4 is 10.0 Å². The molecule has 3 N–H and O–H groups in total. The first-order valence-electron chi connectivity index (χ1n) is 8.42. The predicted octanol–water partition coefficient (Wildman–Crippen LogP) is 3.01. The van der Waals surface area contributed by atoms with E-state index in [1.54, 1.807) is 20.8 Å². The maximum Gasteiger partial charge on any atom is 0.407 e. The first kappa shape index (κ1) is 23.2. The first-order chi connectivity index (χ1) is 12.4. The Hall–Kier alpha value is -1.84. The number of carboxylic acid groups (broad SMARTS) is 1. The highest BCUT2D eigenvalue weighted by molar-refractivity contribution is 7.89. The number of halogens is 1. The largest absolute Gasteiger partial charge is 0.478 e. The molecule has 0 saturated carbocycles. The molecular formula is C17H25ClN2O6S. The number of hydrogen-bond donors (Lipinski definition) is 3. The van der Waals surface area contributed by atoms with Gasteiger partial charge in [0.2, 0.25) is 10.0 Å². The topological polar surface area (TPSA) is 122 Å². The quantitative estimate of drug-likeness (QED) is 0.528. The van der Waals surface area contributed by atoms with Crippen molar-refractivity contribution in [3.63, 3.8) is 0 Å². The van der Waals surface area contributed by atoms with Crippen molar-refractivity contribution in [2.45, 2.75) is 50.5 Å². The number of carbonyl (C=O) groups is 2. The molecule has 10 heteroatoms. The minimum atomic E-state index is -3.82. The van der Waals surface area contributed by atoms with Crippen molar-refractivity contribution in [2.24, 2.45) is 0 Å². The van der Waals surface area contributed by atoms with E-state index in [0.717, 1.165) is 6.07 Å². The Morgan fingerprint density at radius 3 is 2.37 bits per heavy atom. The van der Waals surface area contributed by atoms with Gasteiger partial charge >= 0.3 is 12.1 Å². The molecule has 1 aromatic rings. The first-order valence-corrected chi connectivity index (χ1v) is 10.3. The van der Waals surface area contributed by atoms with Crippen molar-refractivity contribution in [1.82, 2.24) is 10.0 Å². The van der Waals surface area contributed by atoms with Crippen LogP contribution in [0.4, 0.5) is 4.79 Å². The van der Waals surface area contributed by atoms with Crippen LogP contribution in [0.3, 0.4) is 0 Å². The van der Waals surface area contributed by atoms with Gasteiger partial charge in [0.05, 0.1) is 15.5 Å². The summed E-state index contributed by atoms with van der Waals surface area (Å²) < 4.78 is 31.9. The van der Waals surface area contributed by atoms with E-state index in [4.69, 9.17) is 21.4 Å². The second-order valence-electron chi connectivity index (χ2n) is 6.83. The summed E-state index contributed by atoms with van der Waals surface area (Å²) in [6.45, 7) is 5.96. The second-order valence-corrected chi connectivity index (χ2v) is 9.01. The number of carboxylic acids is 1. The van der Waals surface area contributed by atoms with Crippen LogP contribution in [0.5, 0.6) is 0 Å². The minimum Gasteiger partial charge on any atom is -0.478 e. The maximum atomic E-state index is 12.2. The van der Waals surface area contributed by atoms with Crippen molar-refractivity contribution in [3.05, 3.63) is 28.8 Å². The van der Waals surface area contributed by atoms with Gasteiger partial charge in [-0.25, -0.2) is 22.7 Å². The van der Waals surface area contributed by atoms with Gasteiger partial charge in [0, 0.05) is 13.1 Å². The Morgan fingerprint density at radius 2 is 1.78 bits per heavy atom. The number of benzene rings is 1. The standard InChI is InChI=1S/C17H25ClN2O6S/c1-17(2,3)26-16(23)19-9-5-4-6-10-20-27(24,25)12-7-8-14(18)13(11-12)15(21)22/h7-8,11,20H,4-6,9-10H2,1-3H3,(H,19,23)(H,21,22). The van der Waals surface area contributed by atoms with Gasteiger partial charge in [0.1, 0.15) is 5.60 Å². The number of nitrogens with one attached hydrogen (secondary N) is 2. The Morgan fingerprint density at radius 1 is 1.15 bits per heavy atom. The highest BCUT2D eigenvalue weighted by Gasteiger charge is 2.18. The molecule has 0 fully saturated rings. The van der Waals surface area contributed by atoms with Gasteiger partial charge in [0.25, 0.3) is 0 Å². The lowest BCUT2D eigenvalue weighted by molar-refractivity contribution is 0.0526. The zero-order valence-electron chi connectivity index (χ0n) is 15.5. The molecule has 27 heavy (non-hydrogen) atoms. The van der Waals surface area contributed by atoms with Gasteiger partial charge in [-0.15, -0.1) is 0 Å². The number of alkyl carbamates (subject to hydrolysis) is 1. The molecule has 0 aromatic heterocycles. The number of ether oxygens (including phenoxy) is 1. The van der Waals surface area contributed by atoms with Crippen molar-refractivity contribution in [2.75, 3.05) is 13.1 Å². The van der Waals surface area contributed by atoms with E-state index in [1.807, 2.05) is 0 Å². The number of hydrogen-bond acceptors (Lipinski definition) is 5. The Bertz CT molecular complexity index is 774. The molecule has 1 aromatic carbocycles. The maximum absolute atomic E-state index is 12.2. The number of sulfonamides is 1. The lowest BCUT2D eigenvalue weighted by Crippen LogP contribution is -2.33. The van der Waals surface area contributed by atoms with Crippen LogP contribution in [-0.4, -0.2) is 44.3 Å². The molecule has 0 aliphatic heterocycles. The number of rotatable bonds is 9. The summed E-state index contributed by atoms with van der Waals surface area (Å²) in [5.41, 5.74) is -0.822. The van der Waals surface area contributed by atoms with Crippen LogP contribution in [0.15, 0.2) is 23.1 Å². The molecule has 0 aliphatic carbocycles. The van der Waals surface area contributed by atoms with Gasteiger partial charge in [-0.3, -0.25) is 0 Å². The fraction of sp³-hybridized carbons (Fsp3) is 0.529. The van der Waals surface area contributed by atoms with Gasteiger partial charge < -0.3 is 15.2 Å². The molecule has 0 saturated heterocycles. The molecule has 0 spiro atoms. The molecular weight excluding hydrogens is 396 g/mol. The molecule has 0 atom stereocenters. The monoisotopic (exact) mass is 420 g/mol. The Balaban J connectivity index is 2.37. The third-order valence-corrected chi connectivity index (χ3v) is 5.08. The molecule has 0 heterocycles. The number of aromatic carboxylic acids is 1. The van der Waals surface area contributed by atoms with Crippen LogP contribution in [0.1, 0.15) is 50.4 Å². The summed E-state index contributed by atoms with van der Waals surface area (Å²) in [6, 6.07) is 3.52. The average molecular weight is 421 g/mol. The average Bonchev–Trinajstić information content (AvgIpc) is 2.52. The fourth-order valence-corrected chi connectivity index (χ4v) is 3.36. The SMILES string of the molecule is CC(C)(C)OC(=O)NCCCCCNS(=O)(=O)c1ccc(Cl)c(C(=O)O)c1. The van der Waals surface area contributed by atoms with Crippen LogP contribution in [0.25, 0.3) is 0 Å². The fourth-order valence-electron chi connectivity index (χ4n) is 2.06. The van der Waals surface area contributed by atoms with Gasteiger partial charge in [0.15, 0.2) is 0 Å². The number of unbranched alkanes of at least 4 members (excludes halogenated alkanes) is 2. The molecule has 0 unspecified atom stereocenters. The molecule has 0 radical (unpaired) electrons. The van der Waals surface area contributed by atoms with E-state index >= 15 is 0 Å². The van der Waals surface area contributed by atoms with Crippen molar-refractivity contribution >= 4 is 33.7 Å². The van der Waals surface area contributed by atoms with E-state index in [0.29, 0.717) is 25.8 Å². The van der Waals surface area contributed by atoms with Crippen molar-refractivity contribution < 1.29 is 27.9 Å². The van der Waals surface area contributed by atoms with Crippen molar-refractivity contribution in [3.8, 4) is 0 Å². The summed E-state index contributed by atoms with van der Waals surface area (Å²) in [6.07, 6.45) is 1.44. The molecule has 1 rings (SSSR count). The van der Waals surface area contributed by atoms with Crippen LogP contribution in [0, 0.1) is 0 Å². The summed E-state index contributed by atoms with van der Waals surface area (Å²) in [5.74, 6) is -1.30. The molecule has 0 bridgehead atoms.